The SMILES string of the molecule is C=C[C@]1(C(=O)OC)[C@H](OCC)[C@@H]1C. The van der Waals surface area contributed by atoms with Crippen molar-refractivity contribution in [3.05, 3.63) is 12.7 Å². The van der Waals surface area contributed by atoms with Crippen molar-refractivity contribution in [2.75, 3.05) is 13.7 Å². The Morgan fingerprint density at radius 3 is 2.69 bits per heavy atom. The molecule has 0 heterocycles. The highest BCUT2D eigenvalue weighted by atomic mass is 16.5. The van der Waals surface area contributed by atoms with Crippen LogP contribution in [0.1, 0.15) is 13.8 Å². The molecule has 3 heteroatoms. The second-order valence-corrected chi connectivity index (χ2v) is 3.29. The van der Waals surface area contributed by atoms with Crippen LogP contribution in [-0.4, -0.2) is 25.8 Å². The molecule has 0 spiro atoms. The summed E-state index contributed by atoms with van der Waals surface area (Å²) in [4.78, 5) is 11.4. The lowest BCUT2D eigenvalue weighted by molar-refractivity contribution is -0.147. The molecule has 1 rings (SSSR count). The molecule has 0 radical (unpaired) electrons. The van der Waals surface area contributed by atoms with Crippen LogP contribution >= 0.6 is 0 Å². The minimum atomic E-state index is -0.592. The van der Waals surface area contributed by atoms with E-state index >= 15 is 0 Å². The van der Waals surface area contributed by atoms with Gasteiger partial charge in [-0.1, -0.05) is 13.0 Å². The van der Waals surface area contributed by atoms with Gasteiger partial charge in [-0.15, -0.1) is 6.58 Å². The van der Waals surface area contributed by atoms with Crippen molar-refractivity contribution in [1.82, 2.24) is 0 Å². The van der Waals surface area contributed by atoms with Gasteiger partial charge in [0.25, 0.3) is 0 Å². The Hall–Kier alpha value is -0.830. The van der Waals surface area contributed by atoms with Gasteiger partial charge in [0.05, 0.1) is 13.2 Å². The Kier molecular flexibility index (Phi) is 2.76. The zero-order chi connectivity index (χ0) is 10.1. The van der Waals surface area contributed by atoms with Crippen LogP contribution in [0.2, 0.25) is 0 Å². The molecule has 0 unspecified atom stereocenters. The second-order valence-electron chi connectivity index (χ2n) is 3.29. The first-order valence-corrected chi connectivity index (χ1v) is 4.48. The average molecular weight is 184 g/mol. The number of rotatable bonds is 4. The zero-order valence-electron chi connectivity index (χ0n) is 8.37. The van der Waals surface area contributed by atoms with Crippen LogP contribution in [0.4, 0.5) is 0 Å². The fourth-order valence-electron chi connectivity index (χ4n) is 1.87. The molecule has 3 nitrogen and oxygen atoms in total. The summed E-state index contributed by atoms with van der Waals surface area (Å²) in [5.74, 6) is -0.0640. The largest absolute Gasteiger partial charge is 0.468 e. The van der Waals surface area contributed by atoms with E-state index in [1.165, 1.54) is 7.11 Å². The van der Waals surface area contributed by atoms with Crippen molar-refractivity contribution in [3.63, 3.8) is 0 Å². The number of ether oxygens (including phenoxy) is 2. The molecule has 0 aliphatic heterocycles. The number of hydrogen-bond acceptors (Lipinski definition) is 3. The molecule has 74 valence electrons. The fourth-order valence-corrected chi connectivity index (χ4v) is 1.87. The van der Waals surface area contributed by atoms with Gasteiger partial charge < -0.3 is 9.47 Å². The van der Waals surface area contributed by atoms with Crippen LogP contribution in [-0.2, 0) is 14.3 Å². The maximum absolute atomic E-state index is 11.4. The van der Waals surface area contributed by atoms with Crippen LogP contribution in [0, 0.1) is 11.3 Å². The molecular weight excluding hydrogens is 168 g/mol. The standard InChI is InChI=1S/C10H16O3/c1-5-10(9(11)12-4)7(3)8(10)13-6-2/h5,7-8H,1,6H2,2-4H3/t7-,8+,10+/m0/s1. The molecule has 0 bridgehead atoms. The van der Waals surface area contributed by atoms with Crippen molar-refractivity contribution in [2.45, 2.75) is 20.0 Å². The first-order chi connectivity index (χ1) is 6.15. The van der Waals surface area contributed by atoms with Gasteiger partial charge in [-0.25, -0.2) is 0 Å². The van der Waals surface area contributed by atoms with E-state index in [1.54, 1.807) is 6.08 Å². The molecule has 1 fully saturated rings. The first kappa shape index (κ1) is 10.3. The summed E-state index contributed by atoms with van der Waals surface area (Å²) < 4.78 is 10.1. The van der Waals surface area contributed by atoms with E-state index in [-0.39, 0.29) is 18.0 Å². The zero-order valence-corrected chi connectivity index (χ0v) is 8.37. The highest BCUT2D eigenvalue weighted by molar-refractivity contribution is 5.84. The molecule has 3 atom stereocenters. The van der Waals surface area contributed by atoms with Crippen molar-refractivity contribution >= 4 is 5.97 Å². The quantitative estimate of drug-likeness (QED) is 0.489. The predicted octanol–water partition coefficient (Wildman–Crippen LogP) is 1.39. The molecule has 13 heavy (non-hydrogen) atoms. The van der Waals surface area contributed by atoms with Gasteiger partial charge in [0.1, 0.15) is 5.41 Å². The van der Waals surface area contributed by atoms with Crippen molar-refractivity contribution in [1.29, 1.82) is 0 Å². The summed E-state index contributed by atoms with van der Waals surface area (Å²) in [5, 5.41) is 0. The maximum Gasteiger partial charge on any atom is 0.318 e. The van der Waals surface area contributed by atoms with Crippen molar-refractivity contribution < 1.29 is 14.3 Å². The molecule has 0 aromatic heterocycles. The van der Waals surface area contributed by atoms with Gasteiger partial charge in [-0.2, -0.15) is 0 Å². The average Bonchev–Trinajstić information content (AvgIpc) is 2.72. The van der Waals surface area contributed by atoms with E-state index in [0.717, 1.165) is 0 Å². The Morgan fingerprint density at radius 2 is 2.31 bits per heavy atom. The van der Waals surface area contributed by atoms with E-state index in [4.69, 9.17) is 9.47 Å². The smallest absolute Gasteiger partial charge is 0.318 e. The van der Waals surface area contributed by atoms with Crippen molar-refractivity contribution in [2.24, 2.45) is 11.3 Å². The predicted molar refractivity (Wildman–Crippen MR) is 49.2 cm³/mol. The van der Waals surface area contributed by atoms with Gasteiger partial charge in [-0.05, 0) is 6.92 Å². The molecule has 0 aromatic carbocycles. The molecule has 1 aliphatic carbocycles. The van der Waals surface area contributed by atoms with E-state index < -0.39 is 5.41 Å². The van der Waals surface area contributed by atoms with Crippen LogP contribution in [0.5, 0.6) is 0 Å². The molecule has 1 saturated carbocycles. The molecule has 0 amide bonds. The van der Waals surface area contributed by atoms with Crippen molar-refractivity contribution in [3.8, 4) is 0 Å². The Bertz CT molecular complexity index is 224. The van der Waals surface area contributed by atoms with E-state index in [9.17, 15) is 4.79 Å². The number of hydrogen-bond donors (Lipinski definition) is 0. The molecule has 1 aliphatic rings. The lowest BCUT2D eigenvalue weighted by Crippen LogP contribution is -2.20. The first-order valence-electron chi connectivity index (χ1n) is 4.48. The van der Waals surface area contributed by atoms with Crippen LogP contribution in [0.15, 0.2) is 12.7 Å². The fraction of sp³-hybridized carbons (Fsp3) is 0.700. The molecule has 0 saturated heterocycles. The number of methoxy groups -OCH3 is 1. The van der Waals surface area contributed by atoms with E-state index in [2.05, 4.69) is 6.58 Å². The van der Waals surface area contributed by atoms with E-state index in [0.29, 0.717) is 6.61 Å². The van der Waals surface area contributed by atoms with Gasteiger partial charge >= 0.3 is 5.97 Å². The summed E-state index contributed by atoms with van der Waals surface area (Å²) >= 11 is 0. The third-order valence-electron chi connectivity index (χ3n) is 2.79. The van der Waals surface area contributed by atoms with Gasteiger partial charge in [0, 0.05) is 12.5 Å². The van der Waals surface area contributed by atoms with Crippen LogP contribution < -0.4 is 0 Å². The lowest BCUT2D eigenvalue weighted by atomic mass is 10.1. The highest BCUT2D eigenvalue weighted by Crippen LogP contribution is 2.56. The highest BCUT2D eigenvalue weighted by Gasteiger charge is 2.67. The Labute approximate surface area is 78.7 Å². The lowest BCUT2D eigenvalue weighted by Gasteiger charge is -2.09. The van der Waals surface area contributed by atoms with Gasteiger partial charge in [0.2, 0.25) is 0 Å². The van der Waals surface area contributed by atoms with Gasteiger partial charge in [-0.3, -0.25) is 4.79 Å². The molecular formula is C10H16O3. The summed E-state index contributed by atoms with van der Waals surface area (Å²) in [7, 11) is 1.39. The summed E-state index contributed by atoms with van der Waals surface area (Å²) in [5.41, 5.74) is -0.592. The van der Waals surface area contributed by atoms with Crippen LogP contribution in [0.3, 0.4) is 0 Å². The molecule has 0 aromatic rings. The minimum absolute atomic E-state index is 0.0533. The Morgan fingerprint density at radius 1 is 1.69 bits per heavy atom. The number of carbonyl (C=O) groups excluding carboxylic acids is 1. The third-order valence-corrected chi connectivity index (χ3v) is 2.79. The van der Waals surface area contributed by atoms with E-state index in [1.807, 2.05) is 13.8 Å². The third kappa shape index (κ3) is 1.27. The van der Waals surface area contributed by atoms with Gasteiger partial charge in [0.15, 0.2) is 0 Å². The molecule has 0 N–H and O–H groups in total. The number of carbonyl (C=O) groups is 1. The summed E-state index contributed by atoms with van der Waals surface area (Å²) in [6.07, 6.45) is 1.59. The monoisotopic (exact) mass is 184 g/mol. The summed E-state index contributed by atoms with van der Waals surface area (Å²) in [6, 6.07) is 0. The second kappa shape index (κ2) is 3.50. The Balaban J connectivity index is 2.75. The summed E-state index contributed by atoms with van der Waals surface area (Å²) in [6.45, 7) is 8.16. The maximum atomic E-state index is 11.4. The normalized spacial score (nSPS) is 36.8. The van der Waals surface area contributed by atoms with Crippen LogP contribution in [0.25, 0.3) is 0 Å². The topological polar surface area (TPSA) is 35.5 Å². The number of esters is 1. The minimum Gasteiger partial charge on any atom is -0.468 e.